The lowest BCUT2D eigenvalue weighted by atomic mass is 10.2. The molecule has 1 N–H and O–H groups in total. The van der Waals surface area contributed by atoms with Crippen molar-refractivity contribution in [3.05, 3.63) is 0 Å². The Balaban J connectivity index is 2.18. The third-order valence-electron chi connectivity index (χ3n) is 1.57. The van der Waals surface area contributed by atoms with E-state index < -0.39 is 12.1 Å². The number of carbonyl (C=O) groups is 1. The maximum atomic E-state index is 10.7. The van der Waals surface area contributed by atoms with E-state index in [1.165, 1.54) is 0 Å². The van der Waals surface area contributed by atoms with Crippen LogP contribution in [0, 0.1) is 11.8 Å². The maximum Gasteiger partial charge on any atom is 0.384 e. The van der Waals surface area contributed by atoms with Gasteiger partial charge < -0.3 is 14.6 Å². The summed E-state index contributed by atoms with van der Waals surface area (Å²) in [5.74, 6) is 4.26. The van der Waals surface area contributed by atoms with Gasteiger partial charge in [0.2, 0.25) is 0 Å². The fourth-order valence-corrected chi connectivity index (χ4v) is 0.804. The fraction of sp³-hybridized carbons (Fsp3) is 0.667. The minimum absolute atomic E-state index is 0.0866. The number of rotatable bonds is 3. The minimum atomic E-state index is -0.582. The molecule has 4 heteroatoms. The van der Waals surface area contributed by atoms with Crippen molar-refractivity contribution >= 4 is 5.97 Å². The average Bonchev–Trinajstić information content (AvgIpc) is 2.86. The smallest absolute Gasteiger partial charge is 0.384 e. The largest absolute Gasteiger partial charge is 0.456 e. The topological polar surface area (TPSA) is 59.1 Å². The Kier molecular flexibility index (Phi) is 3.74. The van der Waals surface area contributed by atoms with Crippen LogP contribution in [-0.4, -0.2) is 36.5 Å². The van der Waals surface area contributed by atoms with Gasteiger partial charge in [-0.05, 0) is 6.92 Å². The molecule has 0 unspecified atom stereocenters. The summed E-state index contributed by atoms with van der Waals surface area (Å²) in [5, 5.41) is 9.25. The molecule has 1 saturated heterocycles. The van der Waals surface area contributed by atoms with Crippen molar-refractivity contribution in [1.82, 2.24) is 0 Å². The Bertz CT molecular complexity index is 234. The Morgan fingerprint density at radius 2 is 2.54 bits per heavy atom. The second-order valence-electron chi connectivity index (χ2n) is 2.67. The van der Waals surface area contributed by atoms with Gasteiger partial charge in [0.25, 0.3) is 0 Å². The maximum absolute atomic E-state index is 10.7. The molecule has 0 spiro atoms. The lowest BCUT2D eigenvalue weighted by Crippen LogP contribution is -2.13. The van der Waals surface area contributed by atoms with Gasteiger partial charge in [0, 0.05) is 12.3 Å². The number of aliphatic hydroxyl groups excluding tert-OH is 1. The number of esters is 1. The molecule has 1 rings (SSSR count). The zero-order chi connectivity index (χ0) is 9.68. The molecule has 1 fully saturated rings. The number of epoxide rings is 1. The van der Waals surface area contributed by atoms with Gasteiger partial charge in [-0.25, -0.2) is 4.79 Å². The summed E-state index contributed by atoms with van der Waals surface area (Å²) in [6.45, 7) is 2.62. The van der Waals surface area contributed by atoms with E-state index in [0.717, 1.165) is 0 Å². The number of hydrogen-bond acceptors (Lipinski definition) is 4. The van der Waals surface area contributed by atoms with Gasteiger partial charge in [-0.1, -0.05) is 5.92 Å². The normalized spacial score (nSPS) is 21.2. The average molecular weight is 184 g/mol. The lowest BCUT2D eigenvalue weighted by molar-refractivity contribution is -0.136. The van der Waals surface area contributed by atoms with Crippen molar-refractivity contribution < 1.29 is 19.4 Å². The van der Waals surface area contributed by atoms with E-state index in [-0.39, 0.29) is 12.5 Å². The first-order valence-corrected chi connectivity index (χ1v) is 4.19. The van der Waals surface area contributed by atoms with Crippen LogP contribution in [0.15, 0.2) is 0 Å². The van der Waals surface area contributed by atoms with Gasteiger partial charge in [0.15, 0.2) is 0 Å². The van der Waals surface area contributed by atoms with Crippen LogP contribution in [0.2, 0.25) is 0 Å². The highest BCUT2D eigenvalue weighted by atomic mass is 16.6. The number of aliphatic hydroxyl groups is 1. The lowest BCUT2D eigenvalue weighted by Gasteiger charge is -1.98. The summed E-state index contributed by atoms with van der Waals surface area (Å²) in [6.07, 6.45) is -0.415. The fourth-order valence-electron chi connectivity index (χ4n) is 0.804. The molecule has 0 aliphatic carbocycles. The number of ether oxygens (including phenoxy) is 2. The SMILES string of the molecule is CCOC(=O)C#CC[C@H](O)[C@@H]1CO1. The van der Waals surface area contributed by atoms with E-state index in [2.05, 4.69) is 16.6 Å². The van der Waals surface area contributed by atoms with Gasteiger partial charge in [-0.3, -0.25) is 0 Å². The number of carbonyl (C=O) groups excluding carboxylic acids is 1. The van der Waals surface area contributed by atoms with Crippen LogP contribution >= 0.6 is 0 Å². The molecule has 0 aromatic carbocycles. The van der Waals surface area contributed by atoms with Crippen molar-refractivity contribution in [1.29, 1.82) is 0 Å². The molecule has 0 radical (unpaired) electrons. The first-order chi connectivity index (χ1) is 6.24. The van der Waals surface area contributed by atoms with Crippen LogP contribution in [0.3, 0.4) is 0 Å². The van der Waals surface area contributed by atoms with Gasteiger partial charge in [-0.2, -0.15) is 0 Å². The molecule has 2 atom stereocenters. The van der Waals surface area contributed by atoms with E-state index in [1.807, 2.05) is 0 Å². The molecular formula is C9H12O4. The summed E-state index contributed by atoms with van der Waals surface area (Å²) >= 11 is 0. The zero-order valence-electron chi connectivity index (χ0n) is 7.45. The Hall–Kier alpha value is -1.05. The Morgan fingerprint density at radius 3 is 3.08 bits per heavy atom. The summed E-state index contributed by atoms with van der Waals surface area (Å²) in [5.41, 5.74) is 0. The molecule has 0 aromatic rings. The molecule has 4 nitrogen and oxygen atoms in total. The monoisotopic (exact) mass is 184 g/mol. The predicted molar refractivity (Wildman–Crippen MR) is 44.8 cm³/mol. The van der Waals surface area contributed by atoms with Crippen LogP contribution in [0.25, 0.3) is 0 Å². The second-order valence-corrected chi connectivity index (χ2v) is 2.67. The second kappa shape index (κ2) is 4.85. The first kappa shape index (κ1) is 10.0. The molecule has 0 amide bonds. The zero-order valence-corrected chi connectivity index (χ0v) is 7.45. The Labute approximate surface area is 76.8 Å². The molecule has 0 aromatic heterocycles. The quantitative estimate of drug-likeness (QED) is 0.283. The highest BCUT2D eigenvalue weighted by Gasteiger charge is 2.30. The van der Waals surface area contributed by atoms with Gasteiger partial charge in [0.05, 0.1) is 19.3 Å². The van der Waals surface area contributed by atoms with Crippen molar-refractivity contribution in [2.75, 3.05) is 13.2 Å². The van der Waals surface area contributed by atoms with Gasteiger partial charge >= 0.3 is 5.97 Å². The predicted octanol–water partition coefficient (Wildman–Crippen LogP) is -0.297. The van der Waals surface area contributed by atoms with E-state index in [1.54, 1.807) is 6.92 Å². The summed E-state index contributed by atoms with van der Waals surface area (Å²) in [6, 6.07) is 0. The molecule has 72 valence electrons. The molecule has 1 aliphatic rings. The third-order valence-corrected chi connectivity index (χ3v) is 1.57. The van der Waals surface area contributed by atoms with Gasteiger partial charge in [-0.15, -0.1) is 0 Å². The van der Waals surface area contributed by atoms with Crippen LogP contribution in [-0.2, 0) is 14.3 Å². The van der Waals surface area contributed by atoms with Crippen LogP contribution < -0.4 is 0 Å². The van der Waals surface area contributed by atoms with Crippen molar-refractivity contribution in [2.45, 2.75) is 25.6 Å². The Morgan fingerprint density at radius 1 is 1.85 bits per heavy atom. The number of hydrogen-bond donors (Lipinski definition) is 1. The highest BCUT2D eigenvalue weighted by molar-refractivity contribution is 5.88. The van der Waals surface area contributed by atoms with Crippen molar-refractivity contribution in [3.63, 3.8) is 0 Å². The first-order valence-electron chi connectivity index (χ1n) is 4.19. The third kappa shape index (κ3) is 3.92. The standard InChI is InChI=1S/C9H12O4/c1-2-12-9(11)5-3-4-7(10)8-6-13-8/h7-8,10H,2,4,6H2,1H3/t7-,8-/m0/s1. The molecule has 1 heterocycles. The summed E-state index contributed by atoms with van der Waals surface area (Å²) < 4.78 is 9.42. The summed E-state index contributed by atoms with van der Waals surface area (Å²) in [4.78, 5) is 10.7. The summed E-state index contributed by atoms with van der Waals surface area (Å²) in [7, 11) is 0. The van der Waals surface area contributed by atoms with Crippen molar-refractivity contribution in [2.24, 2.45) is 0 Å². The molecule has 0 bridgehead atoms. The molecule has 13 heavy (non-hydrogen) atoms. The van der Waals surface area contributed by atoms with Crippen LogP contribution in [0.4, 0.5) is 0 Å². The van der Waals surface area contributed by atoms with E-state index >= 15 is 0 Å². The van der Waals surface area contributed by atoms with E-state index in [0.29, 0.717) is 13.2 Å². The van der Waals surface area contributed by atoms with E-state index in [9.17, 15) is 9.90 Å². The molecule has 1 aliphatic heterocycles. The van der Waals surface area contributed by atoms with Crippen LogP contribution in [0.1, 0.15) is 13.3 Å². The van der Waals surface area contributed by atoms with Crippen LogP contribution in [0.5, 0.6) is 0 Å². The molecule has 0 saturated carbocycles. The highest BCUT2D eigenvalue weighted by Crippen LogP contribution is 2.15. The van der Waals surface area contributed by atoms with E-state index in [4.69, 9.17) is 4.74 Å². The molecular weight excluding hydrogens is 172 g/mol. The van der Waals surface area contributed by atoms with Crippen molar-refractivity contribution in [3.8, 4) is 11.8 Å². The minimum Gasteiger partial charge on any atom is -0.456 e. The van der Waals surface area contributed by atoms with Gasteiger partial charge in [0.1, 0.15) is 6.10 Å².